The molecule has 0 saturated heterocycles. The van der Waals surface area contributed by atoms with Crippen molar-refractivity contribution < 1.29 is 10.2 Å². The first-order chi connectivity index (χ1) is 4.34. The number of hydrogen-bond donors (Lipinski definition) is 3. The van der Waals surface area contributed by atoms with Crippen molar-refractivity contribution in [1.29, 1.82) is 0 Å². The minimum atomic E-state index is -0.826. The standard InChI is InChI=1S/C5H8N2O2/c8-2-5(9)4-1-6-3-7-4/h1,3,5,8-9H,2H2,(H,6,7). The fourth-order valence-corrected chi connectivity index (χ4v) is 0.547. The van der Waals surface area contributed by atoms with Gasteiger partial charge < -0.3 is 15.2 Å². The second-order valence-corrected chi connectivity index (χ2v) is 1.71. The van der Waals surface area contributed by atoms with E-state index in [0.717, 1.165) is 0 Å². The van der Waals surface area contributed by atoms with Gasteiger partial charge in [-0.05, 0) is 0 Å². The van der Waals surface area contributed by atoms with Crippen molar-refractivity contribution in [2.45, 2.75) is 6.10 Å². The van der Waals surface area contributed by atoms with Crippen LogP contribution >= 0.6 is 0 Å². The summed E-state index contributed by atoms with van der Waals surface area (Å²) in [5.74, 6) is 0. The molecule has 9 heavy (non-hydrogen) atoms. The summed E-state index contributed by atoms with van der Waals surface area (Å²) in [6, 6.07) is 0. The third-order valence-corrected chi connectivity index (χ3v) is 1.05. The molecule has 0 saturated carbocycles. The van der Waals surface area contributed by atoms with Crippen LogP contribution in [0.3, 0.4) is 0 Å². The van der Waals surface area contributed by atoms with E-state index in [-0.39, 0.29) is 6.61 Å². The molecule has 0 spiro atoms. The van der Waals surface area contributed by atoms with Crippen LogP contribution in [0.2, 0.25) is 0 Å². The molecule has 1 unspecified atom stereocenters. The molecule has 1 heterocycles. The van der Waals surface area contributed by atoms with Crippen molar-refractivity contribution in [3.63, 3.8) is 0 Å². The molecule has 1 rings (SSSR count). The summed E-state index contributed by atoms with van der Waals surface area (Å²) < 4.78 is 0. The molecule has 0 amide bonds. The van der Waals surface area contributed by atoms with Gasteiger partial charge in [0.1, 0.15) is 6.10 Å². The lowest BCUT2D eigenvalue weighted by Gasteiger charge is -2.00. The Morgan fingerprint density at radius 3 is 3.00 bits per heavy atom. The second-order valence-electron chi connectivity index (χ2n) is 1.71. The molecule has 3 N–H and O–H groups in total. The number of nitrogens with zero attached hydrogens (tertiary/aromatic N) is 1. The molecular weight excluding hydrogens is 120 g/mol. The van der Waals surface area contributed by atoms with E-state index < -0.39 is 6.10 Å². The molecule has 0 aromatic carbocycles. The zero-order valence-electron chi connectivity index (χ0n) is 4.78. The Bertz CT molecular complexity index is 161. The Morgan fingerprint density at radius 2 is 2.56 bits per heavy atom. The predicted molar refractivity (Wildman–Crippen MR) is 30.6 cm³/mol. The van der Waals surface area contributed by atoms with E-state index in [1.165, 1.54) is 12.5 Å². The highest BCUT2D eigenvalue weighted by Gasteiger charge is 2.04. The first-order valence-corrected chi connectivity index (χ1v) is 2.62. The Kier molecular flexibility index (Phi) is 1.81. The highest BCUT2D eigenvalue weighted by Crippen LogP contribution is 2.04. The number of hydrogen-bond acceptors (Lipinski definition) is 3. The number of nitrogens with one attached hydrogen (secondary N) is 1. The molecule has 0 radical (unpaired) electrons. The summed E-state index contributed by atoms with van der Waals surface area (Å²) in [5, 5.41) is 17.3. The average molecular weight is 128 g/mol. The van der Waals surface area contributed by atoms with Gasteiger partial charge in [0, 0.05) is 0 Å². The number of aromatic amines is 1. The van der Waals surface area contributed by atoms with Crippen LogP contribution in [0.15, 0.2) is 12.5 Å². The van der Waals surface area contributed by atoms with Gasteiger partial charge in [-0.1, -0.05) is 0 Å². The lowest BCUT2D eigenvalue weighted by Crippen LogP contribution is -2.01. The van der Waals surface area contributed by atoms with E-state index in [1.807, 2.05) is 0 Å². The molecule has 0 aliphatic carbocycles. The zero-order valence-corrected chi connectivity index (χ0v) is 4.78. The minimum absolute atomic E-state index is 0.276. The summed E-state index contributed by atoms with van der Waals surface area (Å²) in [5.41, 5.74) is 0.539. The number of H-pyrrole nitrogens is 1. The molecule has 50 valence electrons. The van der Waals surface area contributed by atoms with Crippen molar-refractivity contribution >= 4 is 0 Å². The van der Waals surface area contributed by atoms with Gasteiger partial charge in [0.15, 0.2) is 0 Å². The molecule has 0 aliphatic rings. The van der Waals surface area contributed by atoms with Gasteiger partial charge in [-0.2, -0.15) is 0 Å². The lowest BCUT2D eigenvalue weighted by atomic mass is 10.3. The highest BCUT2D eigenvalue weighted by atomic mass is 16.3. The molecule has 1 aromatic rings. The van der Waals surface area contributed by atoms with Gasteiger partial charge in [-0.3, -0.25) is 0 Å². The second kappa shape index (κ2) is 2.61. The summed E-state index contributed by atoms with van der Waals surface area (Å²) in [6.07, 6.45) is 2.10. The minimum Gasteiger partial charge on any atom is -0.393 e. The predicted octanol–water partition coefficient (Wildman–Crippen LogP) is -0.565. The van der Waals surface area contributed by atoms with E-state index in [9.17, 15) is 0 Å². The van der Waals surface area contributed by atoms with Crippen molar-refractivity contribution in [2.75, 3.05) is 6.61 Å². The van der Waals surface area contributed by atoms with Gasteiger partial charge in [0.25, 0.3) is 0 Å². The van der Waals surface area contributed by atoms with Crippen LogP contribution in [0, 0.1) is 0 Å². The molecule has 1 atom stereocenters. The van der Waals surface area contributed by atoms with Gasteiger partial charge in [0.2, 0.25) is 0 Å². The van der Waals surface area contributed by atoms with Crippen LogP contribution in [0.4, 0.5) is 0 Å². The van der Waals surface area contributed by atoms with Gasteiger partial charge in [-0.15, -0.1) is 0 Å². The number of imidazole rings is 1. The van der Waals surface area contributed by atoms with E-state index in [4.69, 9.17) is 10.2 Å². The Labute approximate surface area is 52.2 Å². The third kappa shape index (κ3) is 1.28. The van der Waals surface area contributed by atoms with Crippen LogP contribution in [0.5, 0.6) is 0 Å². The van der Waals surface area contributed by atoms with Gasteiger partial charge >= 0.3 is 0 Å². The fourth-order valence-electron chi connectivity index (χ4n) is 0.547. The van der Waals surface area contributed by atoms with E-state index >= 15 is 0 Å². The third-order valence-electron chi connectivity index (χ3n) is 1.05. The van der Waals surface area contributed by atoms with Crippen LogP contribution in [-0.2, 0) is 0 Å². The van der Waals surface area contributed by atoms with Gasteiger partial charge in [0.05, 0.1) is 24.8 Å². The van der Waals surface area contributed by atoms with Crippen molar-refractivity contribution in [1.82, 2.24) is 9.97 Å². The first kappa shape index (κ1) is 6.25. The highest BCUT2D eigenvalue weighted by molar-refractivity contribution is 4.98. The normalized spacial score (nSPS) is 13.6. The largest absolute Gasteiger partial charge is 0.393 e. The topological polar surface area (TPSA) is 69.1 Å². The van der Waals surface area contributed by atoms with E-state index in [1.54, 1.807) is 0 Å². The summed E-state index contributed by atoms with van der Waals surface area (Å²) in [7, 11) is 0. The maximum Gasteiger partial charge on any atom is 0.118 e. The SMILES string of the molecule is OCC(O)c1cnc[nH]1. The molecular formula is C5H8N2O2. The Morgan fingerprint density at radius 1 is 1.78 bits per heavy atom. The van der Waals surface area contributed by atoms with Crippen molar-refractivity contribution in [2.24, 2.45) is 0 Å². The monoisotopic (exact) mass is 128 g/mol. The van der Waals surface area contributed by atoms with Crippen LogP contribution < -0.4 is 0 Å². The first-order valence-electron chi connectivity index (χ1n) is 2.62. The fraction of sp³-hybridized carbons (Fsp3) is 0.400. The number of aliphatic hydroxyl groups is 2. The van der Waals surface area contributed by atoms with Crippen LogP contribution in [-0.4, -0.2) is 26.8 Å². The van der Waals surface area contributed by atoms with E-state index in [2.05, 4.69) is 9.97 Å². The molecule has 1 aromatic heterocycles. The van der Waals surface area contributed by atoms with Crippen molar-refractivity contribution in [3.8, 4) is 0 Å². The van der Waals surface area contributed by atoms with Crippen molar-refractivity contribution in [3.05, 3.63) is 18.2 Å². The molecule has 4 heteroatoms. The van der Waals surface area contributed by atoms with Gasteiger partial charge in [-0.25, -0.2) is 4.98 Å². The summed E-state index contributed by atoms with van der Waals surface area (Å²) in [4.78, 5) is 6.33. The lowest BCUT2D eigenvalue weighted by molar-refractivity contribution is 0.0926. The number of aromatic nitrogens is 2. The molecule has 0 fully saturated rings. The number of aliphatic hydroxyl groups excluding tert-OH is 2. The van der Waals surface area contributed by atoms with E-state index in [0.29, 0.717) is 5.69 Å². The zero-order chi connectivity index (χ0) is 6.69. The van der Waals surface area contributed by atoms with Crippen LogP contribution in [0.25, 0.3) is 0 Å². The smallest absolute Gasteiger partial charge is 0.118 e. The Balaban J connectivity index is 2.65. The average Bonchev–Trinajstić information content (AvgIpc) is 2.37. The Hall–Kier alpha value is -0.870. The molecule has 4 nitrogen and oxygen atoms in total. The van der Waals surface area contributed by atoms with Crippen LogP contribution in [0.1, 0.15) is 11.8 Å². The molecule has 0 aliphatic heterocycles. The number of rotatable bonds is 2. The maximum atomic E-state index is 8.90. The molecule has 0 bridgehead atoms. The quantitative estimate of drug-likeness (QED) is 0.500. The summed E-state index contributed by atoms with van der Waals surface area (Å²) >= 11 is 0. The summed E-state index contributed by atoms with van der Waals surface area (Å²) in [6.45, 7) is -0.276. The maximum absolute atomic E-state index is 8.90.